The maximum Gasteiger partial charge on any atom is 0.321 e. The smallest absolute Gasteiger partial charge is 0.321 e. The van der Waals surface area contributed by atoms with Gasteiger partial charge in [0.2, 0.25) is 0 Å². The number of nitrogens with two attached hydrogens (primary N) is 1. The van der Waals surface area contributed by atoms with E-state index in [4.69, 9.17) is 5.73 Å². The van der Waals surface area contributed by atoms with Gasteiger partial charge in [-0.05, 0) is 61.1 Å². The highest BCUT2D eigenvalue weighted by molar-refractivity contribution is 5.89. The first-order chi connectivity index (χ1) is 13.8. The van der Waals surface area contributed by atoms with Crippen LogP contribution in [0.5, 0.6) is 0 Å². The van der Waals surface area contributed by atoms with Crippen molar-refractivity contribution in [1.29, 1.82) is 0 Å². The van der Waals surface area contributed by atoms with Crippen LogP contribution < -0.4 is 16.4 Å². The van der Waals surface area contributed by atoms with E-state index in [1.165, 1.54) is 12.1 Å². The molecule has 1 aliphatic rings. The van der Waals surface area contributed by atoms with Crippen molar-refractivity contribution in [2.75, 3.05) is 12.4 Å². The number of urea groups is 2. The van der Waals surface area contributed by atoms with Crippen molar-refractivity contribution in [2.45, 2.75) is 37.8 Å². The molecule has 0 radical (unpaired) electrons. The van der Waals surface area contributed by atoms with Crippen LogP contribution in [0.15, 0.2) is 42.5 Å². The molecule has 2 aromatic carbocycles. The summed E-state index contributed by atoms with van der Waals surface area (Å²) in [6, 6.07) is 9.50. The Bertz CT molecular complexity index is 860. The van der Waals surface area contributed by atoms with Gasteiger partial charge < -0.3 is 21.3 Å². The molecule has 0 bridgehead atoms. The minimum atomic E-state index is -0.639. The fourth-order valence-electron chi connectivity index (χ4n) is 3.65. The van der Waals surface area contributed by atoms with E-state index >= 15 is 0 Å². The van der Waals surface area contributed by atoms with Crippen molar-refractivity contribution in [1.82, 2.24) is 10.2 Å². The van der Waals surface area contributed by atoms with Crippen LogP contribution in [0.2, 0.25) is 0 Å². The minimum Gasteiger partial charge on any atom is -0.352 e. The average Bonchev–Trinajstić information content (AvgIpc) is 2.67. The van der Waals surface area contributed by atoms with Crippen LogP contribution in [0, 0.1) is 11.6 Å². The zero-order chi connectivity index (χ0) is 21.0. The number of primary amides is 1. The molecule has 1 saturated carbocycles. The van der Waals surface area contributed by atoms with E-state index < -0.39 is 17.7 Å². The summed E-state index contributed by atoms with van der Waals surface area (Å²) in [5.74, 6) is -1.28. The molecule has 4 amide bonds. The van der Waals surface area contributed by atoms with Crippen LogP contribution in [-0.2, 0) is 0 Å². The maximum absolute atomic E-state index is 13.4. The number of carbonyl (C=O) groups is 2. The van der Waals surface area contributed by atoms with Gasteiger partial charge in [0, 0.05) is 30.9 Å². The maximum atomic E-state index is 13.4. The van der Waals surface area contributed by atoms with Gasteiger partial charge >= 0.3 is 12.1 Å². The molecule has 2 aromatic rings. The minimum absolute atomic E-state index is 0.0559. The molecule has 8 heteroatoms. The van der Waals surface area contributed by atoms with Crippen LogP contribution in [0.4, 0.5) is 24.1 Å². The number of rotatable bonds is 4. The molecular formula is C21H24F2N4O2. The van der Waals surface area contributed by atoms with Crippen molar-refractivity contribution >= 4 is 17.7 Å². The van der Waals surface area contributed by atoms with Gasteiger partial charge in [-0.3, -0.25) is 0 Å². The highest BCUT2D eigenvalue weighted by Gasteiger charge is 2.27. The van der Waals surface area contributed by atoms with Crippen molar-refractivity contribution in [2.24, 2.45) is 5.73 Å². The Morgan fingerprint density at radius 3 is 2.10 bits per heavy atom. The normalized spacial score (nSPS) is 18.7. The number of hydrogen-bond donors (Lipinski definition) is 3. The summed E-state index contributed by atoms with van der Waals surface area (Å²) < 4.78 is 26.8. The number of nitrogens with one attached hydrogen (secondary N) is 2. The molecule has 3 rings (SSSR count). The Morgan fingerprint density at radius 2 is 1.55 bits per heavy atom. The van der Waals surface area contributed by atoms with Crippen LogP contribution in [0.25, 0.3) is 11.1 Å². The Balaban J connectivity index is 1.57. The first-order valence-electron chi connectivity index (χ1n) is 9.48. The third-order valence-electron chi connectivity index (χ3n) is 5.24. The van der Waals surface area contributed by atoms with Crippen LogP contribution in [0.3, 0.4) is 0 Å². The number of benzene rings is 2. The molecule has 0 unspecified atom stereocenters. The second kappa shape index (κ2) is 8.89. The summed E-state index contributed by atoms with van der Waals surface area (Å²) in [7, 11) is 1.74. The van der Waals surface area contributed by atoms with E-state index in [9.17, 15) is 18.4 Å². The molecule has 6 nitrogen and oxygen atoms in total. The molecule has 4 N–H and O–H groups in total. The summed E-state index contributed by atoms with van der Waals surface area (Å²) in [4.78, 5) is 25.1. The zero-order valence-corrected chi connectivity index (χ0v) is 16.1. The van der Waals surface area contributed by atoms with E-state index in [1.807, 2.05) is 0 Å². The van der Waals surface area contributed by atoms with Crippen molar-refractivity contribution < 1.29 is 18.4 Å². The second-order valence-electron chi connectivity index (χ2n) is 7.29. The summed E-state index contributed by atoms with van der Waals surface area (Å²) in [6.07, 6.45) is 3.09. The second-order valence-corrected chi connectivity index (χ2v) is 7.29. The monoisotopic (exact) mass is 402 g/mol. The molecule has 0 saturated heterocycles. The highest BCUT2D eigenvalue weighted by atomic mass is 19.1. The van der Waals surface area contributed by atoms with E-state index in [0.29, 0.717) is 16.8 Å². The van der Waals surface area contributed by atoms with Gasteiger partial charge in [0.05, 0.1) is 0 Å². The predicted molar refractivity (Wildman–Crippen MR) is 107 cm³/mol. The molecule has 154 valence electrons. The lowest BCUT2D eigenvalue weighted by Gasteiger charge is -2.34. The topological polar surface area (TPSA) is 87.5 Å². The molecule has 29 heavy (non-hydrogen) atoms. The van der Waals surface area contributed by atoms with Gasteiger partial charge in [-0.2, -0.15) is 0 Å². The van der Waals surface area contributed by atoms with Gasteiger partial charge in [-0.25, -0.2) is 18.4 Å². The van der Waals surface area contributed by atoms with E-state index in [1.54, 1.807) is 36.2 Å². The van der Waals surface area contributed by atoms with Crippen LogP contribution in [-0.4, -0.2) is 36.1 Å². The third-order valence-corrected chi connectivity index (χ3v) is 5.24. The van der Waals surface area contributed by atoms with Crippen molar-refractivity contribution in [3.63, 3.8) is 0 Å². The summed E-state index contributed by atoms with van der Waals surface area (Å²) >= 11 is 0. The predicted octanol–water partition coefficient (Wildman–Crippen LogP) is 4.08. The number of anilines is 1. The molecule has 0 heterocycles. The molecule has 0 aromatic heterocycles. The Hall–Kier alpha value is -3.16. The SMILES string of the molecule is CN(C(=O)Nc1ccc(-c2cc(F)cc(F)c2)cc1)C1CCC(NC(N)=O)CC1. The third kappa shape index (κ3) is 5.43. The lowest BCUT2D eigenvalue weighted by atomic mass is 9.90. The lowest BCUT2D eigenvalue weighted by molar-refractivity contribution is 0.176. The van der Waals surface area contributed by atoms with Gasteiger partial charge in [-0.1, -0.05) is 12.1 Å². The summed E-state index contributed by atoms with van der Waals surface area (Å²) in [6.45, 7) is 0. The number of hydrogen-bond acceptors (Lipinski definition) is 2. The summed E-state index contributed by atoms with van der Waals surface area (Å²) in [5.41, 5.74) is 6.82. The zero-order valence-electron chi connectivity index (χ0n) is 16.1. The highest BCUT2D eigenvalue weighted by Crippen LogP contribution is 2.25. The fourth-order valence-corrected chi connectivity index (χ4v) is 3.65. The van der Waals surface area contributed by atoms with Gasteiger partial charge in [0.1, 0.15) is 11.6 Å². The molecule has 0 atom stereocenters. The largest absolute Gasteiger partial charge is 0.352 e. The summed E-state index contributed by atoms with van der Waals surface area (Å²) in [5, 5.41) is 5.54. The Morgan fingerprint density at radius 1 is 0.966 bits per heavy atom. The number of nitrogens with zero attached hydrogens (tertiary/aromatic N) is 1. The van der Waals surface area contributed by atoms with Crippen molar-refractivity contribution in [3.05, 3.63) is 54.1 Å². The first-order valence-corrected chi connectivity index (χ1v) is 9.48. The van der Waals surface area contributed by atoms with Crippen LogP contribution in [0.1, 0.15) is 25.7 Å². The van der Waals surface area contributed by atoms with Crippen LogP contribution >= 0.6 is 0 Å². The lowest BCUT2D eigenvalue weighted by Crippen LogP contribution is -2.46. The molecular weight excluding hydrogens is 378 g/mol. The first kappa shape index (κ1) is 20.6. The number of amides is 4. The fraction of sp³-hybridized carbons (Fsp3) is 0.333. The van der Waals surface area contributed by atoms with Gasteiger partial charge in [0.15, 0.2) is 0 Å². The molecule has 1 aliphatic carbocycles. The Labute approximate surface area is 168 Å². The van der Waals surface area contributed by atoms with E-state index in [0.717, 1.165) is 31.7 Å². The van der Waals surface area contributed by atoms with Gasteiger partial charge in [0.25, 0.3) is 0 Å². The van der Waals surface area contributed by atoms with E-state index in [2.05, 4.69) is 10.6 Å². The molecule has 1 fully saturated rings. The molecule has 0 aliphatic heterocycles. The Kier molecular flexibility index (Phi) is 6.31. The standard InChI is InChI=1S/C21H24F2N4O2/c1-27(19-8-6-17(7-9-19)25-20(24)28)21(29)26-18-4-2-13(3-5-18)14-10-15(22)12-16(23)11-14/h2-5,10-12,17,19H,6-9H2,1H3,(H,26,29)(H3,24,25,28). The quantitative estimate of drug-likeness (QED) is 0.720. The van der Waals surface area contributed by atoms with Crippen molar-refractivity contribution in [3.8, 4) is 11.1 Å². The van der Waals surface area contributed by atoms with Gasteiger partial charge in [-0.15, -0.1) is 0 Å². The number of carbonyl (C=O) groups excluding carboxylic acids is 2. The number of halogens is 2. The van der Waals surface area contributed by atoms with E-state index in [-0.39, 0.29) is 18.1 Å². The molecule has 0 spiro atoms. The average molecular weight is 402 g/mol.